The molecule has 1 aliphatic carbocycles. The molecule has 9 heteroatoms. The smallest absolute Gasteiger partial charge is 0.227 e. The Balaban J connectivity index is 0.000000222. The van der Waals surface area contributed by atoms with Gasteiger partial charge in [0.05, 0.1) is 19.1 Å². The zero-order valence-corrected chi connectivity index (χ0v) is 29.9. The van der Waals surface area contributed by atoms with Gasteiger partial charge in [0, 0.05) is 61.8 Å². The van der Waals surface area contributed by atoms with Crippen molar-refractivity contribution < 1.29 is 19.1 Å². The quantitative estimate of drug-likeness (QED) is 0.398. The second kappa shape index (κ2) is 20.2. The second-order valence-electron chi connectivity index (χ2n) is 14.4. The van der Waals surface area contributed by atoms with Gasteiger partial charge in [-0.25, -0.2) is 0 Å². The highest BCUT2D eigenvalue weighted by Crippen LogP contribution is 2.31. The first-order valence-electron chi connectivity index (χ1n) is 17.1. The lowest BCUT2D eigenvalue weighted by Crippen LogP contribution is -2.41. The maximum absolute atomic E-state index is 12.4. The molecule has 4 aliphatic rings. The van der Waals surface area contributed by atoms with Crippen molar-refractivity contribution in [1.82, 2.24) is 20.0 Å². The van der Waals surface area contributed by atoms with E-state index in [2.05, 4.69) is 49.7 Å². The summed E-state index contributed by atoms with van der Waals surface area (Å²) >= 11 is 5.54. The van der Waals surface area contributed by atoms with Crippen LogP contribution in [0.5, 0.6) is 0 Å². The van der Waals surface area contributed by atoms with E-state index >= 15 is 0 Å². The minimum atomic E-state index is 0.124. The van der Waals surface area contributed by atoms with E-state index in [9.17, 15) is 14.4 Å². The fraction of sp³-hybridized carbons (Fsp3) is 0.750. The summed E-state index contributed by atoms with van der Waals surface area (Å²) < 4.78 is 5.00. The van der Waals surface area contributed by atoms with Crippen molar-refractivity contribution in [2.24, 2.45) is 23.7 Å². The van der Waals surface area contributed by atoms with Crippen LogP contribution in [0.4, 0.5) is 0 Å². The van der Waals surface area contributed by atoms with Crippen molar-refractivity contribution in [2.75, 3.05) is 52.5 Å². The van der Waals surface area contributed by atoms with E-state index in [-0.39, 0.29) is 23.3 Å². The second-order valence-corrected chi connectivity index (χ2v) is 14.8. The Morgan fingerprint density at radius 1 is 0.933 bits per heavy atom. The lowest BCUT2D eigenvalue weighted by molar-refractivity contribution is -0.135. The van der Waals surface area contributed by atoms with Crippen molar-refractivity contribution in [1.29, 1.82) is 0 Å². The van der Waals surface area contributed by atoms with Crippen LogP contribution in [0.3, 0.4) is 0 Å². The zero-order chi connectivity index (χ0) is 33.4. The van der Waals surface area contributed by atoms with Gasteiger partial charge in [0.15, 0.2) is 0 Å². The summed E-state index contributed by atoms with van der Waals surface area (Å²) in [5.74, 6) is 2.32. The average molecular weight is 649 g/mol. The van der Waals surface area contributed by atoms with Gasteiger partial charge in [0.2, 0.25) is 18.2 Å². The van der Waals surface area contributed by atoms with Gasteiger partial charge in [-0.3, -0.25) is 19.3 Å². The zero-order valence-electron chi connectivity index (χ0n) is 29.1. The standard InChI is InChI=1S/C14H26N2O.C11H21NO.C6H5Cl.C5H9NO2/c1-11-9-16(14(2,3)4)10-12(11)13(17)15-7-5-6-8-15;1-8(2)11(13)12-10-6-4-9(3)5-7-10;7-6-4-2-1-3-5-6;7-5-6-1-3-8-4-2-6/h11-12H,5-10H2,1-4H3;8-10H,4-7H2,1-3H3,(H,12,13);1-5H;5H,1-4H2/t11?,12-;;;/m1.../s1. The van der Waals surface area contributed by atoms with Gasteiger partial charge < -0.3 is 19.9 Å². The van der Waals surface area contributed by atoms with E-state index in [1.54, 1.807) is 4.90 Å². The molecule has 0 spiro atoms. The molecule has 0 aromatic heterocycles. The van der Waals surface area contributed by atoms with E-state index in [0.29, 0.717) is 31.1 Å². The third-order valence-electron chi connectivity index (χ3n) is 9.11. The molecule has 0 bridgehead atoms. The molecule has 256 valence electrons. The lowest BCUT2D eigenvalue weighted by Gasteiger charge is -2.32. The van der Waals surface area contributed by atoms with Crippen molar-refractivity contribution in [2.45, 2.75) is 98.6 Å². The van der Waals surface area contributed by atoms with Crippen LogP contribution in [0, 0.1) is 23.7 Å². The average Bonchev–Trinajstić information content (AvgIpc) is 3.70. The Kier molecular flexibility index (Phi) is 17.5. The summed E-state index contributed by atoms with van der Waals surface area (Å²) in [5.41, 5.74) is 0.189. The Bertz CT molecular complexity index is 983. The molecule has 1 N–H and O–H groups in total. The van der Waals surface area contributed by atoms with Gasteiger partial charge in [-0.1, -0.05) is 57.5 Å². The van der Waals surface area contributed by atoms with E-state index < -0.39 is 0 Å². The minimum absolute atomic E-state index is 0.124. The molecule has 4 fully saturated rings. The van der Waals surface area contributed by atoms with Gasteiger partial charge in [-0.15, -0.1) is 0 Å². The summed E-state index contributed by atoms with van der Waals surface area (Å²) in [6.07, 6.45) is 8.11. The Labute approximate surface area is 278 Å². The summed E-state index contributed by atoms with van der Waals surface area (Å²) in [4.78, 5) is 40.1. The number of rotatable bonds is 4. The third kappa shape index (κ3) is 14.9. The Morgan fingerprint density at radius 2 is 1.51 bits per heavy atom. The summed E-state index contributed by atoms with van der Waals surface area (Å²) in [7, 11) is 0. The molecule has 1 saturated carbocycles. The number of ether oxygens (including phenoxy) is 1. The molecule has 2 atom stereocenters. The number of hydrogen-bond acceptors (Lipinski definition) is 5. The fourth-order valence-corrected chi connectivity index (χ4v) is 6.02. The number of likely N-dealkylation sites (tertiary alicyclic amines) is 2. The molecule has 45 heavy (non-hydrogen) atoms. The molecule has 3 saturated heterocycles. The molecule has 1 aromatic rings. The number of halogens is 1. The summed E-state index contributed by atoms with van der Waals surface area (Å²) in [5, 5.41) is 3.89. The number of carbonyl (C=O) groups is 3. The summed E-state index contributed by atoms with van der Waals surface area (Å²) in [6, 6.07) is 9.89. The number of amides is 3. The van der Waals surface area contributed by atoms with E-state index in [0.717, 1.165) is 56.6 Å². The molecule has 0 radical (unpaired) electrons. The molecule has 1 unspecified atom stereocenters. The number of carbonyl (C=O) groups excluding carboxylic acids is 3. The first-order chi connectivity index (χ1) is 21.3. The van der Waals surface area contributed by atoms with Gasteiger partial charge >= 0.3 is 0 Å². The molecular weight excluding hydrogens is 588 g/mol. The Morgan fingerprint density at radius 3 is 1.93 bits per heavy atom. The van der Waals surface area contributed by atoms with Crippen molar-refractivity contribution in [3.63, 3.8) is 0 Å². The Hall–Kier alpha value is -2.16. The van der Waals surface area contributed by atoms with Crippen molar-refractivity contribution >= 4 is 29.8 Å². The third-order valence-corrected chi connectivity index (χ3v) is 9.36. The first kappa shape index (κ1) is 39.0. The molecule has 3 amide bonds. The maximum atomic E-state index is 12.4. The van der Waals surface area contributed by atoms with E-state index in [1.165, 1.54) is 38.5 Å². The fourth-order valence-electron chi connectivity index (χ4n) is 5.88. The number of benzene rings is 1. The highest BCUT2D eigenvalue weighted by Gasteiger charge is 2.40. The van der Waals surface area contributed by atoms with Crippen LogP contribution in [-0.4, -0.2) is 97.0 Å². The van der Waals surface area contributed by atoms with E-state index in [1.807, 2.05) is 44.2 Å². The molecule has 3 aliphatic heterocycles. The number of hydrogen-bond donors (Lipinski definition) is 1. The van der Waals surface area contributed by atoms with Crippen LogP contribution >= 0.6 is 11.6 Å². The highest BCUT2D eigenvalue weighted by molar-refractivity contribution is 6.30. The van der Waals surface area contributed by atoms with Gasteiger partial charge in [-0.2, -0.15) is 0 Å². The largest absolute Gasteiger partial charge is 0.378 e. The van der Waals surface area contributed by atoms with Crippen LogP contribution in [0.25, 0.3) is 0 Å². The predicted octanol–water partition coefficient (Wildman–Crippen LogP) is 6.13. The van der Waals surface area contributed by atoms with Crippen LogP contribution in [0.15, 0.2) is 30.3 Å². The molecule has 3 heterocycles. The molecular formula is C36H61ClN4O4. The molecule has 5 rings (SSSR count). The van der Waals surface area contributed by atoms with E-state index in [4.69, 9.17) is 16.3 Å². The number of nitrogens with one attached hydrogen (secondary N) is 1. The van der Waals surface area contributed by atoms with Gasteiger partial charge in [0.25, 0.3) is 0 Å². The van der Waals surface area contributed by atoms with Crippen molar-refractivity contribution in [3.05, 3.63) is 35.4 Å². The van der Waals surface area contributed by atoms with Crippen LogP contribution in [-0.2, 0) is 19.1 Å². The highest BCUT2D eigenvalue weighted by atomic mass is 35.5. The molecule has 8 nitrogen and oxygen atoms in total. The number of nitrogens with zero attached hydrogens (tertiary/aromatic N) is 3. The van der Waals surface area contributed by atoms with Crippen LogP contribution in [0.1, 0.15) is 87.0 Å². The van der Waals surface area contributed by atoms with Crippen LogP contribution < -0.4 is 5.32 Å². The minimum Gasteiger partial charge on any atom is -0.378 e. The first-order valence-corrected chi connectivity index (χ1v) is 17.5. The molecule has 1 aromatic carbocycles. The topological polar surface area (TPSA) is 82.2 Å². The van der Waals surface area contributed by atoms with Crippen molar-refractivity contribution in [3.8, 4) is 0 Å². The maximum Gasteiger partial charge on any atom is 0.227 e. The summed E-state index contributed by atoms with van der Waals surface area (Å²) in [6.45, 7) is 22.0. The van der Waals surface area contributed by atoms with Crippen LogP contribution in [0.2, 0.25) is 5.02 Å². The predicted molar refractivity (Wildman–Crippen MR) is 184 cm³/mol. The lowest BCUT2D eigenvalue weighted by atomic mass is 9.87. The number of morpholine rings is 1. The normalized spacial score (nSPS) is 25.2. The van der Waals surface area contributed by atoms with Gasteiger partial charge in [0.1, 0.15) is 0 Å². The SMILES string of the molecule is CC1CCC(NC(=O)C(C)C)CC1.CC1CN(C(C)(C)C)C[C@H]1C(=O)N1CCCC1.Clc1ccccc1.O=CN1CCOCC1. The monoisotopic (exact) mass is 648 g/mol. The van der Waals surface area contributed by atoms with Gasteiger partial charge in [-0.05, 0) is 83.3 Å².